The Morgan fingerprint density at radius 3 is 2.68 bits per heavy atom. The first kappa shape index (κ1) is 14.2. The highest BCUT2D eigenvalue weighted by atomic mass is 32.1. The maximum absolute atomic E-state index is 4.54. The van der Waals surface area contributed by atoms with Gasteiger partial charge < -0.3 is 5.32 Å². The zero-order valence-corrected chi connectivity index (χ0v) is 12.5. The molecule has 0 aliphatic heterocycles. The number of thiazole rings is 1. The summed E-state index contributed by atoms with van der Waals surface area (Å²) in [6, 6.07) is 11.2. The third-order valence-electron chi connectivity index (χ3n) is 3.39. The zero-order chi connectivity index (χ0) is 13.5. The molecule has 1 N–H and O–H groups in total. The van der Waals surface area contributed by atoms with Crippen molar-refractivity contribution in [3.63, 3.8) is 0 Å². The largest absolute Gasteiger partial charge is 0.317 e. The van der Waals surface area contributed by atoms with Crippen molar-refractivity contribution >= 4 is 11.3 Å². The van der Waals surface area contributed by atoms with Crippen LogP contribution in [0.15, 0.2) is 35.7 Å². The molecule has 0 bridgehead atoms. The molecule has 0 radical (unpaired) electrons. The number of hydrogen-bond acceptors (Lipinski definition) is 3. The summed E-state index contributed by atoms with van der Waals surface area (Å²) in [5.74, 6) is 0. The van der Waals surface area contributed by atoms with Crippen molar-refractivity contribution in [3.8, 4) is 0 Å². The molecule has 0 saturated heterocycles. The molecule has 0 aliphatic rings. The van der Waals surface area contributed by atoms with Crippen molar-refractivity contribution < 1.29 is 0 Å². The lowest BCUT2D eigenvalue weighted by Gasteiger charge is -2.14. The number of rotatable bonds is 7. The van der Waals surface area contributed by atoms with Gasteiger partial charge in [0.2, 0.25) is 0 Å². The van der Waals surface area contributed by atoms with E-state index in [0.29, 0.717) is 6.04 Å². The van der Waals surface area contributed by atoms with Crippen LogP contribution in [0, 0.1) is 6.92 Å². The number of nitrogens with one attached hydrogen (secondary N) is 1. The Balaban J connectivity index is 1.76. The highest BCUT2D eigenvalue weighted by molar-refractivity contribution is 7.09. The molecule has 0 spiro atoms. The normalized spacial score (nSPS) is 12.5. The summed E-state index contributed by atoms with van der Waals surface area (Å²) >= 11 is 1.74. The fraction of sp³-hybridized carbons (Fsp3) is 0.438. The molecule has 1 unspecified atom stereocenters. The topological polar surface area (TPSA) is 24.9 Å². The third-order valence-corrected chi connectivity index (χ3v) is 4.21. The van der Waals surface area contributed by atoms with E-state index in [1.54, 1.807) is 11.3 Å². The van der Waals surface area contributed by atoms with E-state index >= 15 is 0 Å². The van der Waals surface area contributed by atoms with Crippen molar-refractivity contribution in [2.24, 2.45) is 0 Å². The maximum atomic E-state index is 4.54. The molecule has 2 nitrogen and oxygen atoms in total. The average molecular weight is 274 g/mol. The number of likely N-dealkylation sites (N-methyl/N-ethyl adjacent to an activating group) is 1. The smallest absolute Gasteiger partial charge is 0.0897 e. The molecule has 102 valence electrons. The minimum Gasteiger partial charge on any atom is -0.317 e. The molecule has 0 fully saturated rings. The molecule has 1 aromatic carbocycles. The van der Waals surface area contributed by atoms with Crippen molar-refractivity contribution in [2.45, 2.75) is 38.6 Å². The van der Waals surface area contributed by atoms with Crippen molar-refractivity contribution in [3.05, 3.63) is 52.0 Å². The molecule has 1 aromatic heterocycles. The van der Waals surface area contributed by atoms with Gasteiger partial charge in [-0.05, 0) is 38.8 Å². The first-order chi connectivity index (χ1) is 9.28. The van der Waals surface area contributed by atoms with Gasteiger partial charge in [0.25, 0.3) is 0 Å². The van der Waals surface area contributed by atoms with E-state index in [4.69, 9.17) is 0 Å². The molecular formula is C16H22N2S. The van der Waals surface area contributed by atoms with Gasteiger partial charge in [0.15, 0.2) is 0 Å². The summed E-state index contributed by atoms with van der Waals surface area (Å²) in [5.41, 5.74) is 2.66. The van der Waals surface area contributed by atoms with E-state index in [-0.39, 0.29) is 0 Å². The lowest BCUT2D eigenvalue weighted by molar-refractivity contribution is 0.498. The Labute approximate surface area is 119 Å². The Kier molecular flexibility index (Phi) is 5.55. The Morgan fingerprint density at radius 1 is 1.26 bits per heavy atom. The molecule has 1 atom stereocenters. The third kappa shape index (κ3) is 4.77. The fourth-order valence-electron chi connectivity index (χ4n) is 2.30. The van der Waals surface area contributed by atoms with E-state index in [1.165, 1.54) is 24.1 Å². The highest BCUT2D eigenvalue weighted by Gasteiger charge is 2.09. The fourth-order valence-corrected chi connectivity index (χ4v) is 2.93. The maximum Gasteiger partial charge on any atom is 0.0897 e. The second-order valence-electron chi connectivity index (χ2n) is 4.93. The van der Waals surface area contributed by atoms with Crippen LogP contribution in [-0.2, 0) is 12.8 Å². The van der Waals surface area contributed by atoms with Crippen LogP contribution in [0.2, 0.25) is 0 Å². The Hall–Kier alpha value is -1.19. The van der Waals surface area contributed by atoms with Gasteiger partial charge in [0.05, 0.1) is 10.7 Å². The summed E-state index contributed by atoms with van der Waals surface area (Å²) in [6.45, 7) is 2.07. The van der Waals surface area contributed by atoms with Gasteiger partial charge >= 0.3 is 0 Å². The second kappa shape index (κ2) is 7.41. The Bertz CT molecular complexity index is 479. The molecule has 0 amide bonds. The van der Waals surface area contributed by atoms with Crippen LogP contribution in [0.1, 0.15) is 29.1 Å². The number of aryl methyl sites for hydroxylation is 2. The van der Waals surface area contributed by atoms with Gasteiger partial charge in [-0.15, -0.1) is 11.3 Å². The van der Waals surface area contributed by atoms with E-state index < -0.39 is 0 Å². The number of hydrogen-bond donors (Lipinski definition) is 1. The van der Waals surface area contributed by atoms with Gasteiger partial charge in [0.1, 0.15) is 0 Å². The van der Waals surface area contributed by atoms with Crippen LogP contribution in [0.4, 0.5) is 0 Å². The molecule has 3 heteroatoms. The van der Waals surface area contributed by atoms with Crippen LogP contribution >= 0.6 is 11.3 Å². The SMILES string of the molecule is CNC(CCCc1ccccc1)Cc1csc(C)n1. The molecular weight excluding hydrogens is 252 g/mol. The monoisotopic (exact) mass is 274 g/mol. The number of benzene rings is 1. The predicted molar refractivity (Wildman–Crippen MR) is 82.8 cm³/mol. The van der Waals surface area contributed by atoms with E-state index in [2.05, 4.69) is 52.9 Å². The van der Waals surface area contributed by atoms with Crippen LogP contribution < -0.4 is 5.32 Å². The summed E-state index contributed by atoms with van der Waals surface area (Å²) in [7, 11) is 2.05. The van der Waals surface area contributed by atoms with Crippen molar-refractivity contribution in [2.75, 3.05) is 7.05 Å². The minimum absolute atomic E-state index is 0.533. The molecule has 2 rings (SSSR count). The molecule has 0 saturated carbocycles. The number of nitrogens with zero attached hydrogens (tertiary/aromatic N) is 1. The summed E-state index contributed by atoms with van der Waals surface area (Å²) in [5, 5.41) is 6.75. The lowest BCUT2D eigenvalue weighted by Crippen LogP contribution is -2.27. The molecule has 0 aliphatic carbocycles. The van der Waals surface area contributed by atoms with Gasteiger partial charge in [-0.3, -0.25) is 0 Å². The summed E-state index contributed by atoms with van der Waals surface area (Å²) < 4.78 is 0. The highest BCUT2D eigenvalue weighted by Crippen LogP contribution is 2.13. The molecule has 1 heterocycles. The van der Waals surface area contributed by atoms with Crippen LogP contribution in [0.5, 0.6) is 0 Å². The van der Waals surface area contributed by atoms with E-state index in [1.807, 2.05) is 7.05 Å². The Morgan fingerprint density at radius 2 is 2.05 bits per heavy atom. The van der Waals surface area contributed by atoms with Crippen molar-refractivity contribution in [1.82, 2.24) is 10.3 Å². The predicted octanol–water partition coefficient (Wildman–Crippen LogP) is 3.60. The van der Waals surface area contributed by atoms with E-state index in [9.17, 15) is 0 Å². The van der Waals surface area contributed by atoms with Crippen LogP contribution in [0.3, 0.4) is 0 Å². The van der Waals surface area contributed by atoms with Crippen molar-refractivity contribution in [1.29, 1.82) is 0 Å². The number of aromatic nitrogens is 1. The van der Waals surface area contributed by atoms with Gasteiger partial charge in [-0.2, -0.15) is 0 Å². The average Bonchev–Trinajstić information content (AvgIpc) is 2.84. The van der Waals surface area contributed by atoms with Gasteiger partial charge in [-0.25, -0.2) is 4.98 Å². The summed E-state index contributed by atoms with van der Waals surface area (Å²) in [6.07, 6.45) is 4.62. The first-order valence-electron chi connectivity index (χ1n) is 6.90. The van der Waals surface area contributed by atoms with E-state index in [0.717, 1.165) is 17.8 Å². The minimum atomic E-state index is 0.533. The van der Waals surface area contributed by atoms with Crippen LogP contribution in [0.25, 0.3) is 0 Å². The molecule has 2 aromatic rings. The quantitative estimate of drug-likeness (QED) is 0.834. The van der Waals surface area contributed by atoms with Gasteiger partial charge in [0, 0.05) is 17.8 Å². The summed E-state index contributed by atoms with van der Waals surface area (Å²) in [4.78, 5) is 4.54. The zero-order valence-electron chi connectivity index (χ0n) is 11.7. The lowest BCUT2D eigenvalue weighted by atomic mass is 10.0. The first-order valence-corrected chi connectivity index (χ1v) is 7.78. The molecule has 19 heavy (non-hydrogen) atoms. The second-order valence-corrected chi connectivity index (χ2v) is 5.99. The van der Waals surface area contributed by atoms with Crippen LogP contribution in [-0.4, -0.2) is 18.1 Å². The van der Waals surface area contributed by atoms with Gasteiger partial charge in [-0.1, -0.05) is 30.3 Å². The standard InChI is InChI=1S/C16H22N2S/c1-13-18-16(12-19-13)11-15(17-2)10-6-9-14-7-4-3-5-8-14/h3-5,7-8,12,15,17H,6,9-11H2,1-2H3.